The van der Waals surface area contributed by atoms with Crippen molar-refractivity contribution in [2.24, 2.45) is 0 Å². The molecule has 0 radical (unpaired) electrons. The van der Waals surface area contributed by atoms with Crippen LogP contribution in [0.1, 0.15) is 20.8 Å². The highest BCUT2D eigenvalue weighted by atomic mass is 19.1. The van der Waals surface area contributed by atoms with Gasteiger partial charge in [-0.05, 0) is 45.0 Å². The molecule has 0 unspecified atom stereocenters. The third kappa shape index (κ3) is 2.24. The molecule has 0 spiro atoms. The summed E-state index contributed by atoms with van der Waals surface area (Å²) in [6, 6.07) is 6.62. The second-order valence-electron chi connectivity index (χ2n) is 6.04. The van der Waals surface area contributed by atoms with Crippen LogP contribution >= 0.6 is 0 Å². The van der Waals surface area contributed by atoms with Crippen LogP contribution in [0.25, 0.3) is 22.4 Å². The van der Waals surface area contributed by atoms with Gasteiger partial charge >= 0.3 is 0 Å². The van der Waals surface area contributed by atoms with Crippen molar-refractivity contribution >= 4 is 16.7 Å². The first kappa shape index (κ1) is 13.5. The van der Waals surface area contributed by atoms with E-state index < -0.39 is 5.82 Å². The largest absolute Gasteiger partial charge is 0.396 e. The molecule has 0 saturated heterocycles. The molecule has 5 heteroatoms. The number of benzene rings is 1. The van der Waals surface area contributed by atoms with Crippen LogP contribution in [0.2, 0.25) is 0 Å². The van der Waals surface area contributed by atoms with E-state index in [1.807, 2.05) is 6.07 Å². The molecule has 0 saturated carbocycles. The first-order valence-corrected chi connectivity index (χ1v) is 6.76. The van der Waals surface area contributed by atoms with Crippen LogP contribution in [0.3, 0.4) is 0 Å². The molecule has 2 heterocycles. The molecule has 0 aliphatic heterocycles. The zero-order chi connectivity index (χ0) is 15.2. The third-order valence-corrected chi connectivity index (χ3v) is 3.38. The van der Waals surface area contributed by atoms with Crippen LogP contribution in [0, 0.1) is 5.82 Å². The molecule has 1 aromatic carbocycles. The van der Waals surface area contributed by atoms with Crippen molar-refractivity contribution in [2.75, 3.05) is 5.73 Å². The average molecular weight is 284 g/mol. The maximum atomic E-state index is 13.4. The molecule has 0 aliphatic rings. The summed E-state index contributed by atoms with van der Waals surface area (Å²) < 4.78 is 15.5. The quantitative estimate of drug-likeness (QED) is 0.695. The lowest BCUT2D eigenvalue weighted by Crippen LogP contribution is -2.22. The van der Waals surface area contributed by atoms with Gasteiger partial charge in [0.05, 0.1) is 17.4 Å². The van der Waals surface area contributed by atoms with E-state index >= 15 is 0 Å². The van der Waals surface area contributed by atoms with Gasteiger partial charge in [0.15, 0.2) is 0 Å². The fourth-order valence-corrected chi connectivity index (χ4v) is 2.49. The third-order valence-electron chi connectivity index (χ3n) is 3.38. The number of anilines is 1. The molecule has 4 nitrogen and oxygen atoms in total. The van der Waals surface area contributed by atoms with Gasteiger partial charge in [0.2, 0.25) is 0 Å². The maximum absolute atomic E-state index is 13.4. The number of fused-ring (bicyclic) bond motifs is 1. The SMILES string of the molecule is CC(C)(C)n1c(-c2ccc(F)c(N)c2)nc2cnccc21. The van der Waals surface area contributed by atoms with E-state index in [4.69, 9.17) is 5.73 Å². The van der Waals surface area contributed by atoms with Crippen molar-refractivity contribution in [2.45, 2.75) is 26.3 Å². The maximum Gasteiger partial charge on any atom is 0.146 e. The predicted octanol–water partition coefficient (Wildman–Crippen LogP) is 3.57. The average Bonchev–Trinajstić information content (AvgIpc) is 2.81. The summed E-state index contributed by atoms with van der Waals surface area (Å²) in [6.45, 7) is 6.31. The number of halogens is 1. The van der Waals surface area contributed by atoms with Gasteiger partial charge in [0, 0.05) is 17.3 Å². The van der Waals surface area contributed by atoms with Crippen molar-refractivity contribution in [3.8, 4) is 11.4 Å². The molecule has 0 fully saturated rings. The Morgan fingerprint density at radius 2 is 1.95 bits per heavy atom. The van der Waals surface area contributed by atoms with E-state index in [9.17, 15) is 4.39 Å². The lowest BCUT2D eigenvalue weighted by molar-refractivity contribution is 0.413. The summed E-state index contributed by atoms with van der Waals surface area (Å²) in [5.41, 5.74) is 8.24. The molecule has 3 rings (SSSR count). The van der Waals surface area contributed by atoms with E-state index in [0.717, 1.165) is 22.4 Å². The number of nitrogen functional groups attached to an aromatic ring is 1. The topological polar surface area (TPSA) is 56.7 Å². The number of nitrogens with zero attached hydrogens (tertiary/aromatic N) is 3. The number of hydrogen-bond donors (Lipinski definition) is 1. The lowest BCUT2D eigenvalue weighted by atomic mass is 10.1. The summed E-state index contributed by atoms with van der Waals surface area (Å²) >= 11 is 0. The van der Waals surface area contributed by atoms with Crippen molar-refractivity contribution in [3.63, 3.8) is 0 Å². The van der Waals surface area contributed by atoms with Gasteiger partial charge < -0.3 is 10.3 Å². The van der Waals surface area contributed by atoms with E-state index in [-0.39, 0.29) is 11.2 Å². The van der Waals surface area contributed by atoms with Crippen molar-refractivity contribution < 1.29 is 4.39 Å². The van der Waals surface area contributed by atoms with Crippen molar-refractivity contribution in [1.29, 1.82) is 0 Å². The van der Waals surface area contributed by atoms with Gasteiger partial charge in [-0.2, -0.15) is 0 Å². The Hall–Kier alpha value is -2.43. The molecule has 0 bridgehead atoms. The molecule has 108 valence electrons. The van der Waals surface area contributed by atoms with E-state index in [0.29, 0.717) is 0 Å². The Morgan fingerprint density at radius 3 is 2.62 bits per heavy atom. The molecular weight excluding hydrogens is 267 g/mol. The van der Waals surface area contributed by atoms with Crippen LogP contribution in [-0.4, -0.2) is 14.5 Å². The van der Waals surface area contributed by atoms with Crippen LogP contribution in [0.4, 0.5) is 10.1 Å². The number of hydrogen-bond acceptors (Lipinski definition) is 3. The fourth-order valence-electron chi connectivity index (χ4n) is 2.49. The van der Waals surface area contributed by atoms with Crippen LogP contribution in [0.15, 0.2) is 36.7 Å². The summed E-state index contributed by atoms with van der Waals surface area (Å²) in [6.07, 6.45) is 3.48. The number of pyridine rings is 1. The monoisotopic (exact) mass is 284 g/mol. The second kappa shape index (κ2) is 4.55. The van der Waals surface area contributed by atoms with Gasteiger partial charge in [-0.3, -0.25) is 4.98 Å². The summed E-state index contributed by atoms with van der Waals surface area (Å²) in [4.78, 5) is 8.76. The second-order valence-corrected chi connectivity index (χ2v) is 6.04. The van der Waals surface area contributed by atoms with Crippen molar-refractivity contribution in [1.82, 2.24) is 14.5 Å². The molecule has 0 amide bonds. The highest BCUT2D eigenvalue weighted by molar-refractivity contribution is 5.80. The van der Waals surface area contributed by atoms with Gasteiger partial charge in [0.1, 0.15) is 17.2 Å². The summed E-state index contributed by atoms with van der Waals surface area (Å²) in [5.74, 6) is 0.344. The zero-order valence-electron chi connectivity index (χ0n) is 12.3. The smallest absolute Gasteiger partial charge is 0.146 e. The van der Waals surface area contributed by atoms with Crippen molar-refractivity contribution in [3.05, 3.63) is 42.5 Å². The number of imidazole rings is 1. The Bertz CT molecular complexity index is 815. The Morgan fingerprint density at radius 1 is 1.19 bits per heavy atom. The first-order valence-electron chi connectivity index (χ1n) is 6.76. The van der Waals surface area contributed by atoms with Crippen LogP contribution < -0.4 is 5.73 Å². The zero-order valence-corrected chi connectivity index (χ0v) is 12.3. The number of nitrogens with two attached hydrogens (primary N) is 1. The minimum absolute atomic E-state index is 0.123. The fraction of sp³-hybridized carbons (Fsp3) is 0.250. The molecule has 0 atom stereocenters. The Kier molecular flexibility index (Phi) is 2.93. The molecule has 3 aromatic rings. The number of rotatable bonds is 1. The lowest BCUT2D eigenvalue weighted by Gasteiger charge is -2.24. The van der Waals surface area contributed by atoms with Gasteiger partial charge in [-0.1, -0.05) is 0 Å². The number of aromatic nitrogens is 3. The van der Waals surface area contributed by atoms with Gasteiger partial charge in [-0.15, -0.1) is 0 Å². The Balaban J connectivity index is 2.33. The molecule has 2 N–H and O–H groups in total. The molecule has 2 aromatic heterocycles. The molecule has 21 heavy (non-hydrogen) atoms. The summed E-state index contributed by atoms with van der Waals surface area (Å²) in [7, 11) is 0. The van der Waals surface area contributed by atoms with Gasteiger partial charge in [-0.25, -0.2) is 9.37 Å². The molecule has 0 aliphatic carbocycles. The molecular formula is C16H17FN4. The highest BCUT2D eigenvalue weighted by Gasteiger charge is 2.22. The first-order chi connectivity index (χ1) is 9.88. The van der Waals surface area contributed by atoms with E-state index in [2.05, 4.69) is 35.3 Å². The van der Waals surface area contributed by atoms with E-state index in [1.165, 1.54) is 6.07 Å². The Labute approximate surface area is 122 Å². The minimum Gasteiger partial charge on any atom is -0.396 e. The standard InChI is InChI=1S/C16H17FN4/c1-16(2,3)21-14-6-7-19-9-13(14)20-15(21)10-4-5-11(17)12(18)8-10/h4-9H,18H2,1-3H3. The normalized spacial score (nSPS) is 12.0. The minimum atomic E-state index is -0.418. The highest BCUT2D eigenvalue weighted by Crippen LogP contribution is 2.31. The van der Waals surface area contributed by atoms with Gasteiger partial charge in [0.25, 0.3) is 0 Å². The van der Waals surface area contributed by atoms with E-state index in [1.54, 1.807) is 24.5 Å². The van der Waals surface area contributed by atoms with Crippen LogP contribution in [0.5, 0.6) is 0 Å². The predicted molar refractivity (Wildman–Crippen MR) is 82.3 cm³/mol. The van der Waals surface area contributed by atoms with Crippen LogP contribution in [-0.2, 0) is 5.54 Å². The summed E-state index contributed by atoms with van der Waals surface area (Å²) in [5, 5.41) is 0.